The minimum absolute atomic E-state index is 0.181. The third-order valence-corrected chi connectivity index (χ3v) is 5.78. The maximum atomic E-state index is 10.1. The summed E-state index contributed by atoms with van der Waals surface area (Å²) in [5.41, 5.74) is -0.697. The summed E-state index contributed by atoms with van der Waals surface area (Å²) in [6, 6.07) is 0.201. The van der Waals surface area contributed by atoms with Crippen molar-refractivity contribution in [1.29, 1.82) is 0 Å². The van der Waals surface area contributed by atoms with E-state index >= 15 is 0 Å². The number of aliphatic hydroxyl groups excluding tert-OH is 4. The van der Waals surface area contributed by atoms with Gasteiger partial charge in [0.15, 0.2) is 0 Å². The molecule has 7 atom stereocenters. The molecule has 0 radical (unpaired) electrons. The SMILES string of the molecule is OCC1O[C@@H](SC2CCCC2NCCOO)C(O)C(O)[C@H]1O. The van der Waals surface area contributed by atoms with Crippen LogP contribution >= 0.6 is 11.8 Å². The molecule has 0 aromatic carbocycles. The molecule has 1 heterocycles. The highest BCUT2D eigenvalue weighted by Crippen LogP contribution is 2.37. The van der Waals surface area contributed by atoms with Crippen LogP contribution in [0.4, 0.5) is 0 Å². The molecule has 22 heavy (non-hydrogen) atoms. The molecule has 0 bridgehead atoms. The van der Waals surface area contributed by atoms with Gasteiger partial charge in [-0.1, -0.05) is 6.42 Å². The number of hydrogen-bond acceptors (Lipinski definition) is 9. The predicted molar refractivity (Wildman–Crippen MR) is 79.4 cm³/mol. The van der Waals surface area contributed by atoms with Crippen molar-refractivity contribution in [3.63, 3.8) is 0 Å². The second-order valence-corrected chi connectivity index (χ2v) is 7.04. The molecule has 1 saturated heterocycles. The van der Waals surface area contributed by atoms with Gasteiger partial charge in [-0.3, -0.25) is 5.26 Å². The highest BCUT2D eigenvalue weighted by molar-refractivity contribution is 8.00. The summed E-state index contributed by atoms with van der Waals surface area (Å²) >= 11 is 1.41. The molecule has 0 amide bonds. The Balaban J connectivity index is 1.90. The van der Waals surface area contributed by atoms with Crippen LogP contribution in [0.2, 0.25) is 0 Å². The summed E-state index contributed by atoms with van der Waals surface area (Å²) in [6.45, 7) is 0.309. The first kappa shape index (κ1) is 18.4. The zero-order valence-electron chi connectivity index (χ0n) is 12.2. The average Bonchev–Trinajstić information content (AvgIpc) is 2.95. The fourth-order valence-corrected chi connectivity index (χ4v) is 4.56. The molecule has 5 unspecified atom stereocenters. The molecule has 9 heteroatoms. The van der Waals surface area contributed by atoms with Crippen LogP contribution in [-0.2, 0) is 9.62 Å². The molecule has 1 aliphatic heterocycles. The van der Waals surface area contributed by atoms with Crippen LogP contribution in [0.3, 0.4) is 0 Å². The minimum Gasteiger partial charge on any atom is -0.394 e. The Kier molecular flexibility index (Phi) is 7.32. The third kappa shape index (κ3) is 4.31. The highest BCUT2D eigenvalue weighted by Gasteiger charge is 2.45. The maximum Gasteiger partial charge on any atom is 0.132 e. The molecule has 130 valence electrons. The Labute approximate surface area is 133 Å². The molecule has 2 fully saturated rings. The molecule has 6 N–H and O–H groups in total. The van der Waals surface area contributed by atoms with Gasteiger partial charge in [0, 0.05) is 17.8 Å². The van der Waals surface area contributed by atoms with Gasteiger partial charge in [-0.15, -0.1) is 11.8 Å². The Bertz CT molecular complexity index is 336. The first-order valence-electron chi connectivity index (χ1n) is 7.54. The topological polar surface area (TPSA) is 132 Å². The smallest absolute Gasteiger partial charge is 0.132 e. The van der Waals surface area contributed by atoms with Crippen molar-refractivity contribution in [1.82, 2.24) is 5.32 Å². The first-order valence-corrected chi connectivity index (χ1v) is 8.48. The molecular formula is C13H25NO7S. The van der Waals surface area contributed by atoms with Crippen molar-refractivity contribution in [2.45, 2.75) is 60.4 Å². The van der Waals surface area contributed by atoms with Crippen LogP contribution in [-0.4, -0.2) is 86.6 Å². The Morgan fingerprint density at radius 3 is 2.59 bits per heavy atom. The second-order valence-electron chi connectivity index (χ2n) is 5.70. The molecule has 8 nitrogen and oxygen atoms in total. The van der Waals surface area contributed by atoms with Crippen molar-refractivity contribution in [2.24, 2.45) is 0 Å². The summed E-state index contributed by atoms with van der Waals surface area (Å²) in [7, 11) is 0. The zero-order chi connectivity index (χ0) is 16.1. The molecule has 0 spiro atoms. The maximum absolute atomic E-state index is 10.1. The van der Waals surface area contributed by atoms with E-state index in [1.165, 1.54) is 11.8 Å². The number of rotatable bonds is 7. The lowest BCUT2D eigenvalue weighted by molar-refractivity contribution is -0.240. The van der Waals surface area contributed by atoms with Crippen molar-refractivity contribution in [3.8, 4) is 0 Å². The summed E-state index contributed by atoms with van der Waals surface area (Å²) in [5, 5.41) is 50.7. The average molecular weight is 339 g/mol. The minimum atomic E-state index is -1.33. The molecule has 0 aromatic rings. The van der Waals surface area contributed by atoms with Gasteiger partial charge in [-0.05, 0) is 12.8 Å². The van der Waals surface area contributed by atoms with Crippen molar-refractivity contribution in [3.05, 3.63) is 0 Å². The van der Waals surface area contributed by atoms with Crippen LogP contribution in [0.25, 0.3) is 0 Å². The van der Waals surface area contributed by atoms with Crippen LogP contribution < -0.4 is 5.32 Å². The highest BCUT2D eigenvalue weighted by atomic mass is 32.2. The Morgan fingerprint density at radius 1 is 1.14 bits per heavy atom. The van der Waals surface area contributed by atoms with E-state index in [4.69, 9.17) is 9.99 Å². The zero-order valence-corrected chi connectivity index (χ0v) is 13.1. The molecule has 1 aliphatic carbocycles. The van der Waals surface area contributed by atoms with E-state index < -0.39 is 36.5 Å². The molecule has 2 rings (SSSR count). The molecular weight excluding hydrogens is 314 g/mol. The van der Waals surface area contributed by atoms with Gasteiger partial charge in [0.2, 0.25) is 0 Å². The summed E-state index contributed by atoms with van der Waals surface area (Å²) in [5.74, 6) is 0. The molecule has 0 aromatic heterocycles. The standard InChI is InChI=1S/C13H25NO7S/c15-6-8-10(16)11(17)12(18)13(21-8)22-9-3-1-2-7(9)14-4-5-20-19/h7-19H,1-6H2/t7?,8?,9?,10-,11?,12?,13-/m0/s1. The summed E-state index contributed by atoms with van der Waals surface area (Å²) in [6.07, 6.45) is -1.78. The number of aliphatic hydroxyl groups is 4. The van der Waals surface area contributed by atoms with Crippen molar-refractivity contribution >= 4 is 11.8 Å². The molecule has 1 saturated carbocycles. The van der Waals surface area contributed by atoms with Crippen molar-refractivity contribution in [2.75, 3.05) is 19.8 Å². The van der Waals surface area contributed by atoms with E-state index in [-0.39, 0.29) is 17.9 Å². The fourth-order valence-electron chi connectivity index (χ4n) is 2.96. The summed E-state index contributed by atoms with van der Waals surface area (Å²) in [4.78, 5) is 4.04. The quantitative estimate of drug-likeness (QED) is 0.187. The molecule has 2 aliphatic rings. The number of ether oxygens (including phenoxy) is 1. The van der Waals surface area contributed by atoms with E-state index in [0.717, 1.165) is 19.3 Å². The fraction of sp³-hybridized carbons (Fsp3) is 1.00. The van der Waals surface area contributed by atoms with Crippen LogP contribution in [0, 0.1) is 0 Å². The van der Waals surface area contributed by atoms with E-state index in [9.17, 15) is 20.4 Å². The Morgan fingerprint density at radius 2 is 1.91 bits per heavy atom. The van der Waals surface area contributed by atoms with Crippen molar-refractivity contribution < 1.29 is 35.3 Å². The normalized spacial score (nSPS) is 42.7. The van der Waals surface area contributed by atoms with Gasteiger partial charge in [0.25, 0.3) is 0 Å². The van der Waals surface area contributed by atoms with Gasteiger partial charge in [-0.25, -0.2) is 4.89 Å². The van der Waals surface area contributed by atoms with Gasteiger partial charge >= 0.3 is 0 Å². The van der Waals surface area contributed by atoms with Gasteiger partial charge in [0.05, 0.1) is 13.2 Å². The van der Waals surface area contributed by atoms with E-state index in [2.05, 4.69) is 10.2 Å². The Hall–Kier alpha value is 0.0300. The van der Waals surface area contributed by atoms with Crippen LogP contribution in [0.15, 0.2) is 0 Å². The lowest BCUT2D eigenvalue weighted by Crippen LogP contribution is -2.58. The number of hydrogen-bond donors (Lipinski definition) is 6. The van der Waals surface area contributed by atoms with Gasteiger partial charge in [-0.2, -0.15) is 0 Å². The van der Waals surface area contributed by atoms with Crippen LogP contribution in [0.5, 0.6) is 0 Å². The lowest BCUT2D eigenvalue weighted by atomic mass is 10.0. The van der Waals surface area contributed by atoms with Gasteiger partial charge in [0.1, 0.15) is 29.9 Å². The largest absolute Gasteiger partial charge is 0.394 e. The van der Waals surface area contributed by atoms with E-state index in [0.29, 0.717) is 6.54 Å². The lowest BCUT2D eigenvalue weighted by Gasteiger charge is -2.41. The first-order chi connectivity index (χ1) is 10.6. The van der Waals surface area contributed by atoms with Crippen LogP contribution in [0.1, 0.15) is 19.3 Å². The summed E-state index contributed by atoms with van der Waals surface area (Å²) < 4.78 is 5.53. The third-order valence-electron chi connectivity index (χ3n) is 4.21. The van der Waals surface area contributed by atoms with E-state index in [1.54, 1.807) is 0 Å². The predicted octanol–water partition coefficient (Wildman–Crippen LogP) is -1.48. The monoisotopic (exact) mass is 339 g/mol. The number of thioether (sulfide) groups is 1. The van der Waals surface area contributed by atoms with E-state index in [1.807, 2.05) is 0 Å². The number of nitrogens with one attached hydrogen (secondary N) is 1. The van der Waals surface area contributed by atoms with Gasteiger partial charge < -0.3 is 30.5 Å². The second kappa shape index (κ2) is 8.76.